The average molecular weight is 281 g/mol. The molecule has 94 valence electrons. The molecule has 0 saturated carbocycles. The van der Waals surface area contributed by atoms with Gasteiger partial charge >= 0.3 is 0 Å². The third kappa shape index (κ3) is 1.93. The van der Waals surface area contributed by atoms with Gasteiger partial charge in [-0.1, -0.05) is 11.6 Å². The second kappa shape index (κ2) is 4.40. The summed E-state index contributed by atoms with van der Waals surface area (Å²) >= 11 is 7.76. The Morgan fingerprint density at radius 3 is 3.11 bits per heavy atom. The van der Waals surface area contributed by atoms with Gasteiger partial charge in [0.05, 0.1) is 6.04 Å². The highest BCUT2D eigenvalue weighted by molar-refractivity contribution is 7.10. The Bertz CT molecular complexity index is 563. The minimum Gasteiger partial charge on any atom is -0.368 e. The van der Waals surface area contributed by atoms with E-state index in [1.165, 1.54) is 10.4 Å². The van der Waals surface area contributed by atoms with Gasteiger partial charge in [-0.25, -0.2) is 4.98 Å². The number of nitrogens with zero attached hydrogens (tertiary/aromatic N) is 3. The number of hydrogen-bond acceptors (Lipinski definition) is 5. The predicted octanol–water partition coefficient (Wildman–Crippen LogP) is 2.90. The smallest absolute Gasteiger partial charge is 0.223 e. The number of nitrogen functional groups attached to an aromatic ring is 1. The Labute approximate surface area is 114 Å². The third-order valence-corrected chi connectivity index (χ3v) is 4.46. The molecule has 18 heavy (non-hydrogen) atoms. The fourth-order valence-electron chi connectivity index (χ4n) is 2.39. The predicted molar refractivity (Wildman–Crippen MR) is 75.2 cm³/mol. The largest absolute Gasteiger partial charge is 0.368 e. The van der Waals surface area contributed by atoms with Gasteiger partial charge in [0.1, 0.15) is 11.0 Å². The first-order valence-electron chi connectivity index (χ1n) is 5.78. The first-order valence-corrected chi connectivity index (χ1v) is 7.04. The second-order valence-corrected chi connectivity index (χ2v) is 5.71. The van der Waals surface area contributed by atoms with Crippen molar-refractivity contribution in [2.75, 3.05) is 17.2 Å². The van der Waals surface area contributed by atoms with Gasteiger partial charge in [0.25, 0.3) is 0 Å². The molecule has 0 bridgehead atoms. The maximum absolute atomic E-state index is 5.94. The number of aromatic nitrogens is 2. The number of fused-ring (bicyclic) bond motifs is 1. The van der Waals surface area contributed by atoms with Crippen molar-refractivity contribution in [1.29, 1.82) is 0 Å². The quantitative estimate of drug-likeness (QED) is 0.816. The van der Waals surface area contributed by atoms with Crippen LogP contribution in [0.15, 0.2) is 17.5 Å². The number of thiophene rings is 1. The summed E-state index contributed by atoms with van der Waals surface area (Å²) in [6.07, 6.45) is 1.04. The molecular weight excluding hydrogens is 268 g/mol. The van der Waals surface area contributed by atoms with E-state index in [1.807, 2.05) is 11.3 Å². The zero-order chi connectivity index (χ0) is 12.7. The lowest BCUT2D eigenvalue weighted by atomic mass is 10.0. The molecule has 0 saturated heterocycles. The molecule has 2 aromatic rings. The molecule has 3 rings (SSSR count). The van der Waals surface area contributed by atoms with Gasteiger partial charge in [0, 0.05) is 17.5 Å². The molecule has 0 radical (unpaired) electrons. The van der Waals surface area contributed by atoms with Gasteiger partial charge in [-0.15, -0.1) is 11.3 Å². The van der Waals surface area contributed by atoms with Gasteiger partial charge in [0.2, 0.25) is 5.95 Å². The van der Waals surface area contributed by atoms with E-state index < -0.39 is 0 Å². The standard InChI is InChI=1S/C12H13ClN4S/c1-7-8-3-5-18-9(8)2-4-17(7)11-6-10(13)15-12(14)16-11/h3,5-7H,2,4H2,1H3,(H2,14,15,16)/t7-/m1/s1. The van der Waals surface area contributed by atoms with E-state index in [2.05, 4.69) is 33.2 Å². The van der Waals surface area contributed by atoms with Gasteiger partial charge < -0.3 is 10.6 Å². The Kier molecular flexibility index (Phi) is 2.87. The van der Waals surface area contributed by atoms with Crippen LogP contribution in [0.4, 0.5) is 11.8 Å². The molecule has 3 heterocycles. The van der Waals surface area contributed by atoms with E-state index in [0.29, 0.717) is 11.2 Å². The Morgan fingerprint density at radius 1 is 1.50 bits per heavy atom. The molecule has 4 nitrogen and oxygen atoms in total. The minimum absolute atomic E-state index is 0.223. The SMILES string of the molecule is C[C@@H]1c2ccsc2CCN1c1cc(Cl)nc(N)n1. The van der Waals surface area contributed by atoms with Gasteiger partial charge in [-0.3, -0.25) is 0 Å². The summed E-state index contributed by atoms with van der Waals surface area (Å²) < 4.78 is 0. The molecule has 1 atom stereocenters. The normalized spacial score (nSPS) is 18.8. The number of anilines is 2. The minimum atomic E-state index is 0.223. The van der Waals surface area contributed by atoms with E-state index >= 15 is 0 Å². The molecule has 0 fully saturated rings. The molecule has 2 aromatic heterocycles. The summed E-state index contributed by atoms with van der Waals surface area (Å²) in [7, 11) is 0. The van der Waals surface area contributed by atoms with Crippen molar-refractivity contribution in [2.24, 2.45) is 0 Å². The monoisotopic (exact) mass is 280 g/mol. The van der Waals surface area contributed by atoms with Crippen LogP contribution in [0, 0.1) is 0 Å². The maximum Gasteiger partial charge on any atom is 0.223 e. The van der Waals surface area contributed by atoms with Crippen LogP contribution in [0.1, 0.15) is 23.4 Å². The fraction of sp³-hybridized carbons (Fsp3) is 0.333. The molecule has 0 unspecified atom stereocenters. The van der Waals surface area contributed by atoms with Crippen molar-refractivity contribution < 1.29 is 0 Å². The highest BCUT2D eigenvalue weighted by Gasteiger charge is 2.26. The number of nitrogens with two attached hydrogens (primary N) is 1. The molecule has 0 spiro atoms. The molecule has 0 aliphatic carbocycles. The lowest BCUT2D eigenvalue weighted by molar-refractivity contribution is 0.624. The molecule has 0 amide bonds. The molecule has 6 heteroatoms. The number of halogens is 1. The Hall–Kier alpha value is -1.33. The molecule has 0 aromatic carbocycles. The molecule has 1 aliphatic rings. The van der Waals surface area contributed by atoms with E-state index in [1.54, 1.807) is 6.07 Å². The Morgan fingerprint density at radius 2 is 2.33 bits per heavy atom. The van der Waals surface area contributed by atoms with Crippen molar-refractivity contribution in [3.8, 4) is 0 Å². The molecule has 2 N–H and O–H groups in total. The van der Waals surface area contributed by atoms with E-state index in [-0.39, 0.29) is 5.95 Å². The third-order valence-electron chi connectivity index (χ3n) is 3.27. The first-order chi connectivity index (χ1) is 8.65. The number of rotatable bonds is 1. The van der Waals surface area contributed by atoms with Crippen LogP contribution in [0.5, 0.6) is 0 Å². The Balaban J connectivity index is 1.99. The van der Waals surface area contributed by atoms with Crippen LogP contribution in [-0.2, 0) is 6.42 Å². The average Bonchev–Trinajstić information content (AvgIpc) is 2.77. The molecule has 1 aliphatic heterocycles. The van der Waals surface area contributed by atoms with Crippen LogP contribution < -0.4 is 10.6 Å². The highest BCUT2D eigenvalue weighted by atomic mass is 35.5. The topological polar surface area (TPSA) is 55.0 Å². The summed E-state index contributed by atoms with van der Waals surface area (Å²) in [6.45, 7) is 3.11. The van der Waals surface area contributed by atoms with Crippen LogP contribution in [-0.4, -0.2) is 16.5 Å². The second-order valence-electron chi connectivity index (χ2n) is 4.33. The van der Waals surface area contributed by atoms with E-state index in [0.717, 1.165) is 18.8 Å². The summed E-state index contributed by atoms with van der Waals surface area (Å²) in [5, 5.41) is 2.53. The van der Waals surface area contributed by atoms with Crippen molar-refractivity contribution >= 4 is 34.7 Å². The van der Waals surface area contributed by atoms with Crippen LogP contribution in [0.25, 0.3) is 0 Å². The lowest BCUT2D eigenvalue weighted by Gasteiger charge is -2.34. The van der Waals surface area contributed by atoms with Crippen LogP contribution in [0.3, 0.4) is 0 Å². The zero-order valence-electron chi connectivity index (χ0n) is 9.93. The van der Waals surface area contributed by atoms with Gasteiger partial charge in [0.15, 0.2) is 0 Å². The first kappa shape index (κ1) is 11.7. The highest BCUT2D eigenvalue weighted by Crippen LogP contribution is 2.35. The van der Waals surface area contributed by atoms with E-state index in [9.17, 15) is 0 Å². The van der Waals surface area contributed by atoms with Crippen LogP contribution in [0.2, 0.25) is 5.15 Å². The maximum atomic E-state index is 5.94. The van der Waals surface area contributed by atoms with Gasteiger partial charge in [-0.2, -0.15) is 4.98 Å². The zero-order valence-corrected chi connectivity index (χ0v) is 11.5. The lowest BCUT2D eigenvalue weighted by Crippen LogP contribution is -2.33. The summed E-state index contributed by atoms with van der Waals surface area (Å²) in [5.41, 5.74) is 7.03. The van der Waals surface area contributed by atoms with Crippen molar-refractivity contribution in [3.63, 3.8) is 0 Å². The van der Waals surface area contributed by atoms with Crippen molar-refractivity contribution in [2.45, 2.75) is 19.4 Å². The van der Waals surface area contributed by atoms with Crippen LogP contribution >= 0.6 is 22.9 Å². The fourth-order valence-corrected chi connectivity index (χ4v) is 3.54. The summed E-state index contributed by atoms with van der Waals surface area (Å²) in [6, 6.07) is 4.25. The summed E-state index contributed by atoms with van der Waals surface area (Å²) in [5.74, 6) is 1.03. The van der Waals surface area contributed by atoms with Gasteiger partial charge in [-0.05, 0) is 30.4 Å². The van der Waals surface area contributed by atoms with Crippen molar-refractivity contribution in [3.05, 3.63) is 33.1 Å². The van der Waals surface area contributed by atoms with E-state index in [4.69, 9.17) is 17.3 Å². The number of hydrogen-bond donors (Lipinski definition) is 1. The molecular formula is C12H13ClN4S. The van der Waals surface area contributed by atoms with Crippen molar-refractivity contribution in [1.82, 2.24) is 9.97 Å². The summed E-state index contributed by atoms with van der Waals surface area (Å²) in [4.78, 5) is 11.9.